The van der Waals surface area contributed by atoms with Gasteiger partial charge in [-0.05, 0) is 24.8 Å². The maximum atomic E-state index is 10.0. The van der Waals surface area contributed by atoms with E-state index in [0.29, 0.717) is 12.8 Å². The Bertz CT molecular complexity index is 315. The van der Waals surface area contributed by atoms with Crippen LogP contribution in [0.5, 0.6) is 0 Å². The fourth-order valence-electron chi connectivity index (χ4n) is 1.97. The first-order valence-corrected chi connectivity index (χ1v) is 6.72. The van der Waals surface area contributed by atoms with Crippen LogP contribution in [-0.2, 0) is 9.47 Å². The largest absolute Gasteiger partial charge is 0.396 e. The van der Waals surface area contributed by atoms with Crippen molar-refractivity contribution in [1.82, 2.24) is 0 Å². The van der Waals surface area contributed by atoms with E-state index in [0.717, 1.165) is 18.4 Å². The molecule has 0 spiro atoms. The van der Waals surface area contributed by atoms with Crippen LogP contribution in [0.15, 0.2) is 30.3 Å². The zero-order chi connectivity index (χ0) is 13.9. The van der Waals surface area contributed by atoms with Crippen LogP contribution in [0, 0.1) is 0 Å². The highest BCUT2D eigenvalue weighted by molar-refractivity contribution is 5.17. The van der Waals surface area contributed by atoms with Crippen molar-refractivity contribution in [2.75, 3.05) is 20.5 Å². The number of benzene rings is 1. The van der Waals surface area contributed by atoms with Gasteiger partial charge >= 0.3 is 0 Å². The van der Waals surface area contributed by atoms with Gasteiger partial charge in [0.25, 0.3) is 0 Å². The number of hydrogen-bond acceptors (Lipinski definition) is 4. The van der Waals surface area contributed by atoms with Crippen LogP contribution in [0.2, 0.25) is 0 Å². The molecule has 0 fully saturated rings. The Hall–Kier alpha value is -0.940. The molecule has 2 N–H and O–H groups in total. The van der Waals surface area contributed by atoms with E-state index >= 15 is 0 Å². The van der Waals surface area contributed by atoms with Gasteiger partial charge < -0.3 is 19.7 Å². The van der Waals surface area contributed by atoms with Gasteiger partial charge in [-0.1, -0.05) is 30.3 Å². The third kappa shape index (κ3) is 6.68. The Balaban J connectivity index is 2.49. The molecule has 0 bridgehead atoms. The second-order valence-corrected chi connectivity index (χ2v) is 4.58. The fourth-order valence-corrected chi connectivity index (χ4v) is 1.97. The quantitative estimate of drug-likeness (QED) is 0.505. The molecular weight excluding hydrogens is 244 g/mol. The van der Waals surface area contributed by atoms with Crippen molar-refractivity contribution in [2.45, 2.75) is 37.9 Å². The first kappa shape index (κ1) is 16.1. The van der Waals surface area contributed by atoms with Crippen molar-refractivity contribution in [1.29, 1.82) is 0 Å². The first-order chi connectivity index (χ1) is 9.27. The highest BCUT2D eigenvalue weighted by Gasteiger charge is 2.16. The number of methoxy groups -OCH3 is 1. The molecule has 0 aliphatic heterocycles. The van der Waals surface area contributed by atoms with E-state index in [1.165, 1.54) is 0 Å². The molecule has 0 saturated carbocycles. The van der Waals surface area contributed by atoms with E-state index in [2.05, 4.69) is 0 Å². The summed E-state index contributed by atoms with van der Waals surface area (Å²) in [5.74, 6) is 0. The lowest BCUT2D eigenvalue weighted by Crippen LogP contribution is -2.16. The van der Waals surface area contributed by atoms with Crippen molar-refractivity contribution in [3.05, 3.63) is 35.9 Å². The lowest BCUT2D eigenvalue weighted by Gasteiger charge is -2.21. The zero-order valence-corrected chi connectivity index (χ0v) is 11.5. The van der Waals surface area contributed by atoms with E-state index < -0.39 is 6.10 Å². The number of rotatable bonds is 10. The molecular formula is C15H24O4. The lowest BCUT2D eigenvalue weighted by atomic mass is 10.0. The molecule has 1 aromatic carbocycles. The fraction of sp³-hybridized carbons (Fsp3) is 0.600. The summed E-state index contributed by atoms with van der Waals surface area (Å²) in [6.45, 7) is 0.387. The van der Waals surface area contributed by atoms with Crippen LogP contribution < -0.4 is 0 Å². The Kier molecular flexibility index (Phi) is 8.41. The van der Waals surface area contributed by atoms with Gasteiger partial charge in [0.05, 0.1) is 12.2 Å². The maximum absolute atomic E-state index is 10.0. The Morgan fingerprint density at radius 1 is 1.16 bits per heavy atom. The van der Waals surface area contributed by atoms with Crippen LogP contribution in [-0.4, -0.2) is 36.8 Å². The molecule has 0 aromatic heterocycles. The van der Waals surface area contributed by atoms with Gasteiger partial charge in [0.2, 0.25) is 0 Å². The van der Waals surface area contributed by atoms with Gasteiger partial charge in [-0.25, -0.2) is 0 Å². The van der Waals surface area contributed by atoms with Crippen LogP contribution in [0.3, 0.4) is 0 Å². The molecule has 1 aromatic rings. The third-order valence-electron chi connectivity index (χ3n) is 2.99. The van der Waals surface area contributed by atoms with E-state index in [1.807, 2.05) is 30.3 Å². The summed E-state index contributed by atoms with van der Waals surface area (Å²) in [7, 11) is 1.58. The minimum absolute atomic E-state index is 0.162. The molecule has 0 aliphatic carbocycles. The molecule has 4 nitrogen and oxygen atoms in total. The number of aliphatic hydroxyl groups is 2. The molecule has 2 atom stereocenters. The topological polar surface area (TPSA) is 58.9 Å². The van der Waals surface area contributed by atoms with Gasteiger partial charge in [-0.15, -0.1) is 0 Å². The molecule has 108 valence electrons. The molecule has 0 radical (unpaired) electrons. The Labute approximate surface area is 115 Å². The average molecular weight is 268 g/mol. The summed E-state index contributed by atoms with van der Waals surface area (Å²) in [5, 5.41) is 18.7. The molecule has 0 unspecified atom stereocenters. The minimum atomic E-state index is -0.423. The molecule has 0 aliphatic rings. The Morgan fingerprint density at radius 2 is 1.89 bits per heavy atom. The normalized spacial score (nSPS) is 14.3. The molecule has 0 saturated heterocycles. The summed E-state index contributed by atoms with van der Waals surface area (Å²) >= 11 is 0. The predicted molar refractivity (Wildman–Crippen MR) is 73.7 cm³/mol. The van der Waals surface area contributed by atoms with E-state index in [-0.39, 0.29) is 19.5 Å². The number of hydrogen-bond donors (Lipinski definition) is 2. The number of ether oxygens (including phenoxy) is 2. The summed E-state index contributed by atoms with van der Waals surface area (Å²) < 4.78 is 10.6. The monoisotopic (exact) mass is 268 g/mol. The predicted octanol–water partition coefficient (Wildman–Crippen LogP) is 2.26. The molecule has 1 rings (SSSR count). The summed E-state index contributed by atoms with van der Waals surface area (Å²) in [6.07, 6.45) is 2.19. The standard InChI is InChI=1S/C15H24O4/c1-18-12-19-15(13-7-3-2-4-8-13)11-14(17)9-5-6-10-16/h2-4,7-8,14-17H,5-6,9-12H2,1H3/t14-,15+/m0/s1. The molecule has 0 heterocycles. The SMILES string of the molecule is COCO[C@H](C[C@@H](O)CCCCO)c1ccccc1. The molecule has 0 amide bonds. The van der Waals surface area contributed by atoms with Crippen LogP contribution in [0.1, 0.15) is 37.4 Å². The van der Waals surface area contributed by atoms with Crippen LogP contribution in [0.25, 0.3) is 0 Å². The molecule has 19 heavy (non-hydrogen) atoms. The van der Waals surface area contributed by atoms with Gasteiger partial charge in [-0.2, -0.15) is 0 Å². The van der Waals surface area contributed by atoms with Gasteiger partial charge in [0.15, 0.2) is 0 Å². The number of unbranched alkanes of at least 4 members (excludes halogenated alkanes) is 1. The van der Waals surface area contributed by atoms with Gasteiger partial charge in [0.1, 0.15) is 6.79 Å². The smallest absolute Gasteiger partial charge is 0.147 e. The van der Waals surface area contributed by atoms with E-state index in [4.69, 9.17) is 14.6 Å². The van der Waals surface area contributed by atoms with Crippen molar-refractivity contribution in [3.8, 4) is 0 Å². The highest BCUT2D eigenvalue weighted by Crippen LogP contribution is 2.24. The number of aliphatic hydroxyl groups excluding tert-OH is 2. The Morgan fingerprint density at radius 3 is 2.53 bits per heavy atom. The van der Waals surface area contributed by atoms with Crippen molar-refractivity contribution < 1.29 is 19.7 Å². The van der Waals surface area contributed by atoms with E-state index in [9.17, 15) is 5.11 Å². The highest BCUT2D eigenvalue weighted by atomic mass is 16.7. The summed E-state index contributed by atoms with van der Waals surface area (Å²) in [5.41, 5.74) is 1.04. The van der Waals surface area contributed by atoms with Crippen LogP contribution in [0.4, 0.5) is 0 Å². The second-order valence-electron chi connectivity index (χ2n) is 4.58. The van der Waals surface area contributed by atoms with Gasteiger partial charge in [-0.3, -0.25) is 0 Å². The van der Waals surface area contributed by atoms with Crippen molar-refractivity contribution in [3.63, 3.8) is 0 Å². The zero-order valence-electron chi connectivity index (χ0n) is 11.5. The molecule has 4 heteroatoms. The van der Waals surface area contributed by atoms with Crippen molar-refractivity contribution in [2.24, 2.45) is 0 Å². The van der Waals surface area contributed by atoms with E-state index in [1.54, 1.807) is 7.11 Å². The first-order valence-electron chi connectivity index (χ1n) is 6.72. The lowest BCUT2D eigenvalue weighted by molar-refractivity contribution is -0.0868. The van der Waals surface area contributed by atoms with Crippen LogP contribution >= 0.6 is 0 Å². The minimum Gasteiger partial charge on any atom is -0.396 e. The van der Waals surface area contributed by atoms with Crippen molar-refractivity contribution >= 4 is 0 Å². The second kappa shape index (κ2) is 9.92. The maximum Gasteiger partial charge on any atom is 0.147 e. The average Bonchev–Trinajstić information content (AvgIpc) is 2.44. The summed E-state index contributed by atoms with van der Waals surface area (Å²) in [6, 6.07) is 9.84. The third-order valence-corrected chi connectivity index (χ3v) is 2.99. The summed E-state index contributed by atoms with van der Waals surface area (Å²) in [4.78, 5) is 0. The van der Waals surface area contributed by atoms with Gasteiger partial charge in [0, 0.05) is 20.1 Å².